The van der Waals surface area contributed by atoms with E-state index >= 15 is 0 Å². The Balaban J connectivity index is 1.24. The Hall–Kier alpha value is -1.67. The molecule has 2 heteroatoms. The molecular formula is C39H55NO. The van der Waals surface area contributed by atoms with E-state index < -0.39 is 0 Å². The molecule has 41 heavy (non-hydrogen) atoms. The number of carbonyl (C=O) groups is 1. The first kappa shape index (κ1) is 28.1. The average Bonchev–Trinajstić information content (AvgIpc) is 3.69. The third-order valence-electron chi connectivity index (χ3n) is 15.3. The lowest BCUT2D eigenvalue weighted by molar-refractivity contribution is -0.223. The van der Waals surface area contributed by atoms with Gasteiger partial charge in [-0.2, -0.15) is 0 Å². The highest BCUT2D eigenvalue weighted by molar-refractivity contribution is 5.94. The molecule has 1 heterocycles. The second kappa shape index (κ2) is 8.93. The van der Waals surface area contributed by atoms with Crippen molar-refractivity contribution in [2.24, 2.45) is 51.2 Å². The number of allylic oxidation sites excluding steroid dienone is 3. The topological polar surface area (TPSA) is 20.1 Å². The highest BCUT2D eigenvalue weighted by atomic mass is 16.1. The molecule has 1 aliphatic heterocycles. The van der Waals surface area contributed by atoms with Crippen LogP contribution in [0.4, 0.5) is 0 Å². The summed E-state index contributed by atoms with van der Waals surface area (Å²) in [7, 11) is 0. The molecule has 222 valence electrons. The van der Waals surface area contributed by atoms with Gasteiger partial charge in [-0.15, -0.1) is 0 Å². The zero-order valence-electron chi connectivity index (χ0n) is 27.1. The maximum absolute atomic E-state index is 11.9. The van der Waals surface area contributed by atoms with Crippen LogP contribution in [0.25, 0.3) is 5.57 Å². The Morgan fingerprint density at radius 1 is 0.829 bits per heavy atom. The predicted octanol–water partition coefficient (Wildman–Crippen LogP) is 9.61. The number of fused-ring (bicyclic) bond motifs is 7. The molecule has 0 aromatic heterocycles. The van der Waals surface area contributed by atoms with Gasteiger partial charge >= 0.3 is 0 Å². The number of carbonyl (C=O) groups excluding carboxylic acids is 1. The van der Waals surface area contributed by atoms with Gasteiger partial charge in [-0.05, 0) is 134 Å². The average molecular weight is 554 g/mol. The van der Waals surface area contributed by atoms with Crippen LogP contribution in [-0.4, -0.2) is 29.3 Å². The number of rotatable bonds is 4. The number of hydrogen-bond donors (Lipinski definition) is 0. The Bertz CT molecular complexity index is 1300. The van der Waals surface area contributed by atoms with Crippen molar-refractivity contribution < 1.29 is 4.79 Å². The molecule has 0 radical (unpaired) electrons. The number of ketones is 1. The molecule has 5 fully saturated rings. The Morgan fingerprint density at radius 2 is 1.54 bits per heavy atom. The van der Waals surface area contributed by atoms with Gasteiger partial charge < -0.3 is 0 Å². The van der Waals surface area contributed by atoms with Gasteiger partial charge in [0.25, 0.3) is 0 Å². The number of Topliss-reactive ketones (excluding diaryl/α,β-unsaturated/α-hetero) is 1. The fourth-order valence-electron chi connectivity index (χ4n) is 13.1. The van der Waals surface area contributed by atoms with Crippen LogP contribution in [0.5, 0.6) is 0 Å². The van der Waals surface area contributed by atoms with Crippen molar-refractivity contribution in [1.82, 2.24) is 4.90 Å². The van der Waals surface area contributed by atoms with Crippen molar-refractivity contribution in [3.8, 4) is 0 Å². The first-order chi connectivity index (χ1) is 19.3. The second-order valence-corrected chi connectivity index (χ2v) is 17.0. The smallest absolute Gasteiger partial charge is 0.159 e. The van der Waals surface area contributed by atoms with Crippen molar-refractivity contribution in [2.75, 3.05) is 13.1 Å². The molecule has 2 nitrogen and oxygen atoms in total. The zero-order valence-corrected chi connectivity index (χ0v) is 27.1. The summed E-state index contributed by atoms with van der Waals surface area (Å²) in [5.41, 5.74) is 6.87. The van der Waals surface area contributed by atoms with Gasteiger partial charge in [-0.3, -0.25) is 9.69 Å². The zero-order chi connectivity index (χ0) is 29.2. The van der Waals surface area contributed by atoms with E-state index in [0.29, 0.717) is 27.7 Å². The molecule has 0 spiro atoms. The van der Waals surface area contributed by atoms with Gasteiger partial charge in [0.15, 0.2) is 5.78 Å². The van der Waals surface area contributed by atoms with Crippen LogP contribution in [0.3, 0.4) is 0 Å². The Morgan fingerprint density at radius 3 is 2.17 bits per heavy atom. The molecule has 6 aliphatic rings. The summed E-state index contributed by atoms with van der Waals surface area (Å²) in [6.45, 7) is 24.6. The Kier molecular flexibility index (Phi) is 6.13. The minimum atomic E-state index is 0.126. The van der Waals surface area contributed by atoms with Gasteiger partial charge in [0.05, 0.1) is 0 Å². The van der Waals surface area contributed by atoms with E-state index in [2.05, 4.69) is 71.2 Å². The molecule has 0 amide bonds. The monoisotopic (exact) mass is 553 g/mol. The van der Waals surface area contributed by atoms with Gasteiger partial charge in [-0.1, -0.05) is 77.1 Å². The van der Waals surface area contributed by atoms with Crippen LogP contribution >= 0.6 is 0 Å². The number of hydrogen-bond acceptors (Lipinski definition) is 2. The predicted molar refractivity (Wildman–Crippen MR) is 171 cm³/mol. The van der Waals surface area contributed by atoms with E-state index in [1.807, 2.05) is 12.1 Å². The molecule has 0 bridgehead atoms. The third-order valence-corrected chi connectivity index (χ3v) is 15.3. The van der Waals surface area contributed by atoms with Crippen LogP contribution in [0.1, 0.15) is 122 Å². The number of benzene rings is 1. The molecule has 0 N–H and O–H groups in total. The molecule has 9 atom stereocenters. The lowest BCUT2D eigenvalue weighted by atomic mass is 9.33. The first-order valence-electron chi connectivity index (χ1n) is 17.0. The summed E-state index contributed by atoms with van der Waals surface area (Å²) in [5.74, 6) is 4.00. The molecule has 1 aromatic carbocycles. The van der Waals surface area contributed by atoms with Crippen LogP contribution < -0.4 is 0 Å². The van der Waals surface area contributed by atoms with Crippen molar-refractivity contribution in [3.05, 3.63) is 53.6 Å². The summed E-state index contributed by atoms with van der Waals surface area (Å²) in [6, 6.07) is 8.47. The summed E-state index contributed by atoms with van der Waals surface area (Å²) in [4.78, 5) is 14.8. The van der Waals surface area contributed by atoms with Crippen LogP contribution in [0.2, 0.25) is 0 Å². The summed E-state index contributed by atoms with van der Waals surface area (Å²) in [5, 5.41) is 0. The number of nitrogens with zero attached hydrogens (tertiary/aromatic N) is 1. The van der Waals surface area contributed by atoms with Gasteiger partial charge in [0.1, 0.15) is 0 Å². The van der Waals surface area contributed by atoms with E-state index in [9.17, 15) is 4.79 Å². The first-order valence-corrected chi connectivity index (χ1v) is 17.0. The third kappa shape index (κ3) is 3.61. The fourth-order valence-corrected chi connectivity index (χ4v) is 13.1. The van der Waals surface area contributed by atoms with E-state index in [1.165, 1.54) is 87.6 Å². The molecule has 4 saturated carbocycles. The van der Waals surface area contributed by atoms with Gasteiger partial charge in [0, 0.05) is 24.2 Å². The summed E-state index contributed by atoms with van der Waals surface area (Å²) in [6.07, 6.45) is 15.0. The largest absolute Gasteiger partial charge is 0.295 e. The molecule has 1 aromatic rings. The highest BCUT2D eigenvalue weighted by Gasteiger charge is 2.71. The van der Waals surface area contributed by atoms with E-state index in [-0.39, 0.29) is 11.2 Å². The summed E-state index contributed by atoms with van der Waals surface area (Å²) >= 11 is 0. The fraction of sp³-hybridized carbons (Fsp3) is 0.718. The van der Waals surface area contributed by atoms with Crippen LogP contribution in [-0.2, 0) is 0 Å². The molecule has 1 saturated heterocycles. The van der Waals surface area contributed by atoms with Gasteiger partial charge in [0.2, 0.25) is 0 Å². The minimum Gasteiger partial charge on any atom is -0.295 e. The SMILES string of the molecule is C=C(C)[C@@H]1CC[C@]2(N3CC3)CC[C@]3(C)[C@H](CC[C@@H]4[C@@]5(C)CC=C(c6ccc(C(C)=O)cc6)C(C)(C)[C@@H]5CC[C@]43C)[C@@H]12. The second-order valence-electron chi connectivity index (χ2n) is 17.0. The highest BCUT2D eigenvalue weighted by Crippen LogP contribution is 2.77. The van der Waals surface area contributed by atoms with Crippen molar-refractivity contribution >= 4 is 11.4 Å². The van der Waals surface area contributed by atoms with Crippen molar-refractivity contribution in [1.29, 1.82) is 0 Å². The maximum Gasteiger partial charge on any atom is 0.159 e. The minimum absolute atomic E-state index is 0.126. The molecule has 0 unspecified atom stereocenters. The van der Waals surface area contributed by atoms with Crippen molar-refractivity contribution in [2.45, 2.75) is 112 Å². The normalized spacial score (nSPS) is 46.4. The van der Waals surface area contributed by atoms with Gasteiger partial charge in [-0.25, -0.2) is 0 Å². The maximum atomic E-state index is 11.9. The van der Waals surface area contributed by atoms with E-state index in [0.717, 1.165) is 29.2 Å². The van der Waals surface area contributed by atoms with E-state index in [4.69, 9.17) is 0 Å². The lowest BCUT2D eigenvalue weighted by Crippen LogP contribution is -2.67. The van der Waals surface area contributed by atoms with Crippen LogP contribution in [0, 0.1) is 51.2 Å². The quantitative estimate of drug-likeness (QED) is 0.210. The Labute approximate surface area is 250 Å². The summed E-state index contributed by atoms with van der Waals surface area (Å²) < 4.78 is 0. The molecule has 5 aliphatic carbocycles. The molecule has 7 rings (SSSR count). The molecular weight excluding hydrogens is 498 g/mol. The van der Waals surface area contributed by atoms with Crippen LogP contribution in [0.15, 0.2) is 42.5 Å². The van der Waals surface area contributed by atoms with Crippen molar-refractivity contribution in [3.63, 3.8) is 0 Å². The standard InChI is InChI=1S/C39H55NO/c1-25(2)29-15-20-39(40-23-24-40)22-21-37(7)31(34(29)39)13-14-33-36(6)18-16-30(28-11-9-27(10-12-28)26(3)41)35(4,5)32(36)17-19-38(33,37)8/h9-12,16,29,31-34H,1,13-15,17-24H2,2-8H3/t29-,31+,32-,33+,34+,36-,37+,38+,39-/m0/s1. The van der Waals surface area contributed by atoms with E-state index in [1.54, 1.807) is 6.92 Å². The lowest BCUT2D eigenvalue weighted by Gasteiger charge is -2.72.